The Morgan fingerprint density at radius 3 is 2.23 bits per heavy atom. The van der Waals surface area contributed by atoms with Gasteiger partial charge in [0.25, 0.3) is 0 Å². The predicted octanol–water partition coefficient (Wildman–Crippen LogP) is 2.79. The molecule has 2 fully saturated rings. The van der Waals surface area contributed by atoms with Crippen molar-refractivity contribution in [1.29, 1.82) is 0 Å². The lowest BCUT2D eigenvalue weighted by Gasteiger charge is -2.40. The zero-order chi connectivity index (χ0) is 9.53. The van der Waals surface area contributed by atoms with Crippen molar-refractivity contribution in [2.24, 2.45) is 11.1 Å². The summed E-state index contributed by atoms with van der Waals surface area (Å²) in [4.78, 5) is 0. The normalized spacial score (nSPS) is 36.7. The molecule has 2 N–H and O–H groups in total. The number of nitrogens with two attached hydrogens (primary N) is 1. The molecule has 1 saturated heterocycles. The molecule has 1 unspecified atom stereocenters. The third kappa shape index (κ3) is 2.04. The minimum atomic E-state index is 0.478. The van der Waals surface area contributed by atoms with Crippen molar-refractivity contribution in [3.8, 4) is 0 Å². The van der Waals surface area contributed by atoms with Crippen molar-refractivity contribution in [3.05, 3.63) is 0 Å². The molecular formula is C11H21NS. The first-order valence-corrected chi connectivity index (χ1v) is 6.40. The molecule has 0 aromatic rings. The zero-order valence-electron chi connectivity index (χ0n) is 8.81. The van der Waals surface area contributed by atoms with Gasteiger partial charge in [0.1, 0.15) is 0 Å². The van der Waals surface area contributed by atoms with E-state index in [1.807, 2.05) is 0 Å². The summed E-state index contributed by atoms with van der Waals surface area (Å²) >= 11 is 2.15. The number of hydrogen-bond acceptors (Lipinski definition) is 2. The average Bonchev–Trinajstić information content (AvgIpc) is 2.41. The van der Waals surface area contributed by atoms with Crippen molar-refractivity contribution in [2.45, 2.75) is 56.7 Å². The van der Waals surface area contributed by atoms with Gasteiger partial charge < -0.3 is 5.73 Å². The highest BCUT2D eigenvalue weighted by molar-refractivity contribution is 8.01. The molecule has 2 heteroatoms. The highest BCUT2D eigenvalue weighted by Gasteiger charge is 2.43. The highest BCUT2D eigenvalue weighted by Crippen LogP contribution is 2.52. The van der Waals surface area contributed by atoms with Crippen LogP contribution in [-0.2, 0) is 0 Å². The molecule has 1 atom stereocenters. The maximum atomic E-state index is 5.99. The zero-order valence-corrected chi connectivity index (χ0v) is 9.62. The van der Waals surface area contributed by atoms with Crippen molar-refractivity contribution >= 4 is 11.8 Å². The summed E-state index contributed by atoms with van der Waals surface area (Å²) in [6.45, 7) is 4.80. The first kappa shape index (κ1) is 9.85. The number of thioether (sulfide) groups is 1. The van der Waals surface area contributed by atoms with Crippen LogP contribution >= 0.6 is 11.8 Å². The molecule has 1 nitrogen and oxygen atoms in total. The SMILES string of the molecule is CC1(C)CCC2(CC1)CC(N)CS2. The largest absolute Gasteiger partial charge is 0.327 e. The Morgan fingerprint density at radius 2 is 1.77 bits per heavy atom. The fourth-order valence-electron chi connectivity index (χ4n) is 2.61. The molecule has 1 spiro atoms. The average molecular weight is 199 g/mol. The van der Waals surface area contributed by atoms with E-state index in [9.17, 15) is 0 Å². The van der Waals surface area contributed by atoms with Gasteiger partial charge in [0, 0.05) is 16.5 Å². The van der Waals surface area contributed by atoms with Crippen LogP contribution in [-0.4, -0.2) is 16.5 Å². The van der Waals surface area contributed by atoms with E-state index in [1.165, 1.54) is 37.9 Å². The molecular weight excluding hydrogens is 178 g/mol. The predicted molar refractivity (Wildman–Crippen MR) is 60.0 cm³/mol. The van der Waals surface area contributed by atoms with Crippen molar-refractivity contribution < 1.29 is 0 Å². The van der Waals surface area contributed by atoms with Gasteiger partial charge in [-0.2, -0.15) is 11.8 Å². The third-order valence-electron chi connectivity index (χ3n) is 3.75. The van der Waals surface area contributed by atoms with Gasteiger partial charge in [-0.05, 0) is 37.5 Å². The van der Waals surface area contributed by atoms with E-state index in [0.717, 1.165) is 0 Å². The molecule has 1 heterocycles. The van der Waals surface area contributed by atoms with Crippen LogP contribution in [0.1, 0.15) is 46.0 Å². The van der Waals surface area contributed by atoms with Gasteiger partial charge in [0.05, 0.1) is 0 Å². The monoisotopic (exact) mass is 199 g/mol. The highest BCUT2D eigenvalue weighted by atomic mass is 32.2. The Bertz CT molecular complexity index is 190. The van der Waals surface area contributed by atoms with E-state index in [2.05, 4.69) is 25.6 Å². The Labute approximate surface area is 85.8 Å². The molecule has 1 aliphatic carbocycles. The van der Waals surface area contributed by atoms with Gasteiger partial charge in [-0.25, -0.2) is 0 Å². The van der Waals surface area contributed by atoms with Crippen LogP contribution in [0, 0.1) is 5.41 Å². The van der Waals surface area contributed by atoms with Gasteiger partial charge in [-0.1, -0.05) is 13.8 Å². The quantitative estimate of drug-likeness (QED) is 0.649. The summed E-state index contributed by atoms with van der Waals surface area (Å²) in [5.74, 6) is 1.19. The van der Waals surface area contributed by atoms with E-state index >= 15 is 0 Å². The van der Waals surface area contributed by atoms with Gasteiger partial charge in [0.2, 0.25) is 0 Å². The summed E-state index contributed by atoms with van der Waals surface area (Å²) in [5.41, 5.74) is 6.58. The maximum Gasteiger partial charge on any atom is 0.0176 e. The topological polar surface area (TPSA) is 26.0 Å². The van der Waals surface area contributed by atoms with Crippen molar-refractivity contribution in [2.75, 3.05) is 5.75 Å². The second-order valence-electron chi connectivity index (χ2n) is 5.62. The maximum absolute atomic E-state index is 5.99. The van der Waals surface area contributed by atoms with Crippen LogP contribution < -0.4 is 5.73 Å². The molecule has 76 valence electrons. The van der Waals surface area contributed by atoms with E-state index < -0.39 is 0 Å². The Balaban J connectivity index is 1.97. The van der Waals surface area contributed by atoms with Crippen molar-refractivity contribution in [3.63, 3.8) is 0 Å². The Kier molecular flexibility index (Phi) is 2.40. The number of rotatable bonds is 0. The van der Waals surface area contributed by atoms with Gasteiger partial charge >= 0.3 is 0 Å². The molecule has 0 aromatic heterocycles. The standard InChI is InChI=1S/C11H21NS/c1-10(2)3-5-11(6-4-10)7-9(12)8-13-11/h9H,3-8,12H2,1-2H3. The fraction of sp³-hybridized carbons (Fsp3) is 1.00. The van der Waals surface area contributed by atoms with Crippen LogP contribution in [0.2, 0.25) is 0 Å². The first-order valence-electron chi connectivity index (χ1n) is 5.41. The second kappa shape index (κ2) is 3.16. The van der Waals surface area contributed by atoms with Crippen LogP contribution in [0.5, 0.6) is 0 Å². The number of hydrogen-bond donors (Lipinski definition) is 1. The lowest BCUT2D eigenvalue weighted by molar-refractivity contribution is 0.205. The molecule has 2 rings (SSSR count). The second-order valence-corrected chi connectivity index (χ2v) is 7.11. The Hall–Kier alpha value is 0.310. The minimum Gasteiger partial charge on any atom is -0.327 e. The summed E-state index contributed by atoms with van der Waals surface area (Å²) in [5, 5.41) is 0. The summed E-state index contributed by atoms with van der Waals surface area (Å²) in [6, 6.07) is 0.478. The lowest BCUT2D eigenvalue weighted by Crippen LogP contribution is -2.34. The van der Waals surface area contributed by atoms with Gasteiger partial charge in [-0.15, -0.1) is 0 Å². The van der Waals surface area contributed by atoms with Crippen LogP contribution in [0.3, 0.4) is 0 Å². The van der Waals surface area contributed by atoms with Crippen LogP contribution in [0.4, 0.5) is 0 Å². The molecule has 0 aromatic carbocycles. The van der Waals surface area contributed by atoms with Crippen molar-refractivity contribution in [1.82, 2.24) is 0 Å². The third-order valence-corrected chi connectivity index (χ3v) is 5.53. The van der Waals surface area contributed by atoms with Crippen LogP contribution in [0.25, 0.3) is 0 Å². The lowest BCUT2D eigenvalue weighted by atomic mass is 9.71. The van der Waals surface area contributed by atoms with Crippen LogP contribution in [0.15, 0.2) is 0 Å². The molecule has 1 saturated carbocycles. The molecule has 13 heavy (non-hydrogen) atoms. The fourth-order valence-corrected chi connectivity index (χ4v) is 4.12. The van der Waals surface area contributed by atoms with Gasteiger partial charge in [-0.3, -0.25) is 0 Å². The van der Waals surface area contributed by atoms with E-state index in [1.54, 1.807) is 0 Å². The van der Waals surface area contributed by atoms with E-state index in [-0.39, 0.29) is 0 Å². The summed E-state index contributed by atoms with van der Waals surface area (Å²) in [7, 11) is 0. The first-order chi connectivity index (χ1) is 6.02. The summed E-state index contributed by atoms with van der Waals surface area (Å²) in [6.07, 6.45) is 6.86. The summed E-state index contributed by atoms with van der Waals surface area (Å²) < 4.78 is 0.592. The van der Waals surface area contributed by atoms with E-state index in [0.29, 0.717) is 16.2 Å². The molecule has 1 aliphatic heterocycles. The van der Waals surface area contributed by atoms with E-state index in [4.69, 9.17) is 5.73 Å². The molecule has 0 bridgehead atoms. The minimum absolute atomic E-state index is 0.478. The molecule has 0 amide bonds. The molecule has 0 radical (unpaired) electrons. The smallest absolute Gasteiger partial charge is 0.0176 e. The van der Waals surface area contributed by atoms with Gasteiger partial charge in [0.15, 0.2) is 0 Å². The molecule has 2 aliphatic rings. The Morgan fingerprint density at radius 1 is 1.15 bits per heavy atom.